The van der Waals surface area contributed by atoms with E-state index in [4.69, 9.17) is 0 Å². The van der Waals surface area contributed by atoms with E-state index in [0.717, 1.165) is 38.1 Å². The number of piperidine rings is 1. The molecule has 0 aliphatic carbocycles. The van der Waals surface area contributed by atoms with Crippen molar-refractivity contribution in [3.63, 3.8) is 0 Å². The Morgan fingerprint density at radius 1 is 1.40 bits per heavy atom. The van der Waals surface area contributed by atoms with Crippen molar-refractivity contribution in [3.05, 3.63) is 18.2 Å². The van der Waals surface area contributed by atoms with E-state index in [-0.39, 0.29) is 11.8 Å². The second kappa shape index (κ2) is 6.72. The van der Waals surface area contributed by atoms with Gasteiger partial charge in [0, 0.05) is 31.5 Å². The molecule has 1 atom stereocenters. The van der Waals surface area contributed by atoms with Gasteiger partial charge in [-0.15, -0.1) is 0 Å². The van der Waals surface area contributed by atoms with Gasteiger partial charge in [0.25, 0.3) is 0 Å². The summed E-state index contributed by atoms with van der Waals surface area (Å²) in [6.45, 7) is 5.43. The van der Waals surface area contributed by atoms with E-state index in [1.165, 1.54) is 0 Å². The first-order valence-electron chi connectivity index (χ1n) is 7.52. The van der Waals surface area contributed by atoms with Gasteiger partial charge in [0.1, 0.15) is 5.82 Å². The number of imidazole rings is 1. The van der Waals surface area contributed by atoms with Crippen LogP contribution in [-0.4, -0.2) is 40.6 Å². The molecule has 1 saturated heterocycles. The predicted molar refractivity (Wildman–Crippen MR) is 80.0 cm³/mol. The zero-order valence-electron chi connectivity index (χ0n) is 12.5. The van der Waals surface area contributed by atoms with E-state index >= 15 is 0 Å². The fourth-order valence-corrected chi connectivity index (χ4v) is 4.75. The summed E-state index contributed by atoms with van der Waals surface area (Å²) in [5.41, 5.74) is 0. The Morgan fingerprint density at radius 2 is 2.20 bits per heavy atom. The van der Waals surface area contributed by atoms with Gasteiger partial charge >= 0.3 is 0 Å². The highest BCUT2D eigenvalue weighted by atomic mass is 32.2. The van der Waals surface area contributed by atoms with Crippen LogP contribution in [0, 0.1) is 6.92 Å². The largest absolute Gasteiger partial charge is 0.335 e. The van der Waals surface area contributed by atoms with Gasteiger partial charge < -0.3 is 4.57 Å². The average Bonchev–Trinajstić information content (AvgIpc) is 2.82. The third-order valence-corrected chi connectivity index (χ3v) is 6.14. The van der Waals surface area contributed by atoms with Gasteiger partial charge in [-0.25, -0.2) is 13.4 Å². The van der Waals surface area contributed by atoms with Crippen molar-refractivity contribution < 1.29 is 8.42 Å². The Labute approximate surface area is 122 Å². The maximum absolute atomic E-state index is 12.3. The third-order valence-electron chi connectivity index (χ3n) is 4.02. The minimum atomic E-state index is -3.08. The minimum Gasteiger partial charge on any atom is -0.335 e. The molecule has 5 nitrogen and oxygen atoms in total. The fraction of sp³-hybridized carbons (Fsp3) is 0.786. The van der Waals surface area contributed by atoms with Gasteiger partial charge in [-0.3, -0.25) is 0 Å². The summed E-state index contributed by atoms with van der Waals surface area (Å²) in [7, 11) is -3.08. The van der Waals surface area contributed by atoms with Crippen LogP contribution in [0.3, 0.4) is 0 Å². The van der Waals surface area contributed by atoms with Crippen LogP contribution in [-0.2, 0) is 16.6 Å². The Bertz CT molecular complexity index is 524. The van der Waals surface area contributed by atoms with Crippen LogP contribution in [0.2, 0.25) is 0 Å². The molecular formula is C14H25N3O2S. The lowest BCUT2D eigenvalue weighted by Crippen LogP contribution is -2.45. The highest BCUT2D eigenvalue weighted by Gasteiger charge is 2.31. The normalized spacial score (nSPS) is 21.2. The van der Waals surface area contributed by atoms with Crippen LogP contribution >= 0.6 is 0 Å². The molecule has 0 saturated carbocycles. The average molecular weight is 299 g/mol. The number of aromatic nitrogens is 2. The zero-order chi connectivity index (χ0) is 14.6. The molecule has 0 N–H and O–H groups in total. The van der Waals surface area contributed by atoms with Crippen molar-refractivity contribution in [2.45, 2.75) is 58.5 Å². The lowest BCUT2D eigenvalue weighted by molar-refractivity contribution is 0.233. The third kappa shape index (κ3) is 3.61. The van der Waals surface area contributed by atoms with Crippen LogP contribution in [0.5, 0.6) is 0 Å². The van der Waals surface area contributed by atoms with Gasteiger partial charge in [0.15, 0.2) is 0 Å². The number of nitrogens with zero attached hydrogens (tertiary/aromatic N) is 3. The standard InChI is InChI=1S/C14H25N3O2S/c1-3-12-20(18,19)17-9-5-4-6-14(17)7-10-16-11-8-15-13(16)2/h8,11,14H,3-7,9-10,12H2,1-2H3. The molecule has 20 heavy (non-hydrogen) atoms. The summed E-state index contributed by atoms with van der Waals surface area (Å²) >= 11 is 0. The van der Waals surface area contributed by atoms with Crippen molar-refractivity contribution in [2.75, 3.05) is 12.3 Å². The maximum Gasteiger partial charge on any atom is 0.214 e. The zero-order valence-corrected chi connectivity index (χ0v) is 13.3. The summed E-state index contributed by atoms with van der Waals surface area (Å²) in [6, 6.07) is 0.155. The van der Waals surface area contributed by atoms with E-state index in [1.54, 1.807) is 10.5 Å². The number of hydrogen-bond acceptors (Lipinski definition) is 3. The van der Waals surface area contributed by atoms with Crippen LogP contribution in [0.25, 0.3) is 0 Å². The van der Waals surface area contributed by atoms with Crippen molar-refractivity contribution in [3.8, 4) is 0 Å². The molecule has 0 radical (unpaired) electrons. The molecule has 114 valence electrons. The van der Waals surface area contributed by atoms with Gasteiger partial charge in [-0.2, -0.15) is 4.31 Å². The Kier molecular flexibility index (Phi) is 5.21. The molecule has 0 bridgehead atoms. The van der Waals surface area contributed by atoms with E-state index in [2.05, 4.69) is 9.55 Å². The molecule has 2 rings (SSSR count). The molecule has 1 aromatic rings. The first kappa shape index (κ1) is 15.5. The van der Waals surface area contributed by atoms with Gasteiger partial charge in [0.2, 0.25) is 10.0 Å². The summed E-state index contributed by atoms with van der Waals surface area (Å²) in [6.07, 6.45) is 8.42. The van der Waals surface area contributed by atoms with Gasteiger partial charge in [-0.05, 0) is 32.6 Å². The minimum absolute atomic E-state index is 0.155. The highest BCUT2D eigenvalue weighted by molar-refractivity contribution is 7.89. The number of rotatable bonds is 6. The topological polar surface area (TPSA) is 55.2 Å². The van der Waals surface area contributed by atoms with Crippen LogP contribution < -0.4 is 0 Å². The molecule has 0 amide bonds. The molecule has 1 aromatic heterocycles. The monoisotopic (exact) mass is 299 g/mol. The lowest BCUT2D eigenvalue weighted by Gasteiger charge is -2.34. The summed E-state index contributed by atoms with van der Waals surface area (Å²) in [5.74, 6) is 1.26. The Morgan fingerprint density at radius 3 is 2.85 bits per heavy atom. The molecule has 2 heterocycles. The Balaban J connectivity index is 2.02. The van der Waals surface area contributed by atoms with Gasteiger partial charge in [-0.1, -0.05) is 13.3 Å². The molecule has 1 unspecified atom stereocenters. The first-order chi connectivity index (χ1) is 9.54. The molecule has 1 fully saturated rings. The molecule has 1 aliphatic heterocycles. The molecule has 1 aliphatic rings. The van der Waals surface area contributed by atoms with E-state index in [0.29, 0.717) is 13.0 Å². The van der Waals surface area contributed by atoms with Gasteiger partial charge in [0.05, 0.1) is 5.75 Å². The maximum atomic E-state index is 12.3. The number of hydrogen-bond donors (Lipinski definition) is 0. The summed E-state index contributed by atoms with van der Waals surface area (Å²) in [4.78, 5) is 4.21. The van der Waals surface area contributed by atoms with Crippen LogP contribution in [0.1, 0.15) is 44.9 Å². The predicted octanol–water partition coefficient (Wildman–Crippen LogP) is 2.18. The first-order valence-corrected chi connectivity index (χ1v) is 9.12. The number of sulfonamides is 1. The molecular weight excluding hydrogens is 274 g/mol. The van der Waals surface area contributed by atoms with Crippen LogP contribution in [0.15, 0.2) is 12.4 Å². The van der Waals surface area contributed by atoms with Crippen molar-refractivity contribution >= 4 is 10.0 Å². The van der Waals surface area contributed by atoms with Crippen molar-refractivity contribution in [1.29, 1.82) is 0 Å². The molecule has 0 aromatic carbocycles. The summed E-state index contributed by atoms with van der Waals surface area (Å²) < 4.78 is 28.5. The lowest BCUT2D eigenvalue weighted by atomic mass is 10.0. The second-order valence-electron chi connectivity index (χ2n) is 5.53. The van der Waals surface area contributed by atoms with Crippen molar-refractivity contribution in [2.24, 2.45) is 0 Å². The van der Waals surface area contributed by atoms with Crippen LogP contribution in [0.4, 0.5) is 0 Å². The quantitative estimate of drug-likeness (QED) is 0.809. The highest BCUT2D eigenvalue weighted by Crippen LogP contribution is 2.24. The van der Waals surface area contributed by atoms with E-state index in [1.807, 2.05) is 20.0 Å². The fourth-order valence-electron chi connectivity index (χ4n) is 2.93. The smallest absolute Gasteiger partial charge is 0.214 e. The molecule has 0 spiro atoms. The molecule has 6 heteroatoms. The SMILES string of the molecule is CCCS(=O)(=O)N1CCCCC1CCn1ccnc1C. The van der Waals surface area contributed by atoms with Crippen molar-refractivity contribution in [1.82, 2.24) is 13.9 Å². The van der Waals surface area contributed by atoms with E-state index < -0.39 is 10.0 Å². The second-order valence-corrected chi connectivity index (χ2v) is 7.57. The summed E-state index contributed by atoms with van der Waals surface area (Å²) in [5, 5.41) is 0. The number of aryl methyl sites for hydroxylation is 2. The Hall–Kier alpha value is -0.880. The van der Waals surface area contributed by atoms with E-state index in [9.17, 15) is 8.42 Å².